The predicted octanol–water partition coefficient (Wildman–Crippen LogP) is 2.24. The second kappa shape index (κ2) is 8.43. The SMILES string of the molecule is CN(C)c1ccc2c(S(=O)(=O)NCCCCCON)cccc2c1. The Labute approximate surface area is 143 Å². The maximum atomic E-state index is 12.6. The van der Waals surface area contributed by atoms with E-state index in [0.29, 0.717) is 18.0 Å². The lowest BCUT2D eigenvalue weighted by Gasteiger charge is -2.14. The molecule has 0 bridgehead atoms. The van der Waals surface area contributed by atoms with Crippen molar-refractivity contribution in [3.63, 3.8) is 0 Å². The van der Waals surface area contributed by atoms with Gasteiger partial charge in [-0.05, 0) is 42.8 Å². The first-order valence-electron chi connectivity index (χ1n) is 7.97. The van der Waals surface area contributed by atoms with Gasteiger partial charge in [0.05, 0.1) is 11.5 Å². The molecule has 24 heavy (non-hydrogen) atoms. The van der Waals surface area contributed by atoms with E-state index in [1.165, 1.54) is 0 Å². The fourth-order valence-electron chi connectivity index (χ4n) is 2.53. The second-order valence-electron chi connectivity index (χ2n) is 5.89. The summed E-state index contributed by atoms with van der Waals surface area (Å²) >= 11 is 0. The van der Waals surface area contributed by atoms with Gasteiger partial charge in [-0.1, -0.05) is 18.2 Å². The Balaban J connectivity index is 2.15. The molecule has 0 fully saturated rings. The van der Waals surface area contributed by atoms with Crippen LogP contribution >= 0.6 is 0 Å². The van der Waals surface area contributed by atoms with Crippen LogP contribution in [-0.4, -0.2) is 35.7 Å². The summed E-state index contributed by atoms with van der Waals surface area (Å²) < 4.78 is 27.8. The van der Waals surface area contributed by atoms with Gasteiger partial charge in [0.2, 0.25) is 10.0 Å². The van der Waals surface area contributed by atoms with Crippen LogP contribution in [0.3, 0.4) is 0 Å². The van der Waals surface area contributed by atoms with Crippen molar-refractivity contribution in [3.05, 3.63) is 36.4 Å². The lowest BCUT2D eigenvalue weighted by molar-refractivity contribution is 0.133. The first kappa shape index (κ1) is 18.7. The zero-order chi connectivity index (χ0) is 17.6. The highest BCUT2D eigenvalue weighted by molar-refractivity contribution is 7.89. The second-order valence-corrected chi connectivity index (χ2v) is 7.62. The van der Waals surface area contributed by atoms with Crippen molar-refractivity contribution in [1.82, 2.24) is 4.72 Å². The molecule has 2 rings (SSSR count). The van der Waals surface area contributed by atoms with Crippen molar-refractivity contribution in [2.45, 2.75) is 24.2 Å². The van der Waals surface area contributed by atoms with Crippen molar-refractivity contribution < 1.29 is 13.3 Å². The first-order chi connectivity index (χ1) is 11.5. The van der Waals surface area contributed by atoms with E-state index in [9.17, 15) is 8.42 Å². The van der Waals surface area contributed by atoms with E-state index in [2.05, 4.69) is 9.56 Å². The van der Waals surface area contributed by atoms with Crippen molar-refractivity contribution >= 4 is 26.5 Å². The van der Waals surface area contributed by atoms with Crippen LogP contribution in [0.5, 0.6) is 0 Å². The number of hydrogen-bond donors (Lipinski definition) is 2. The smallest absolute Gasteiger partial charge is 0.241 e. The van der Waals surface area contributed by atoms with Crippen LogP contribution in [0.2, 0.25) is 0 Å². The van der Waals surface area contributed by atoms with E-state index in [-0.39, 0.29) is 0 Å². The Kier molecular flexibility index (Phi) is 6.56. The summed E-state index contributed by atoms with van der Waals surface area (Å²) in [6.07, 6.45) is 2.43. The van der Waals surface area contributed by atoms with E-state index >= 15 is 0 Å². The number of nitrogens with zero attached hydrogens (tertiary/aromatic N) is 1. The predicted molar refractivity (Wildman–Crippen MR) is 97.5 cm³/mol. The Morgan fingerprint density at radius 2 is 1.92 bits per heavy atom. The van der Waals surface area contributed by atoms with E-state index < -0.39 is 10.0 Å². The van der Waals surface area contributed by atoms with E-state index in [1.807, 2.05) is 43.3 Å². The summed E-state index contributed by atoms with van der Waals surface area (Å²) in [6.45, 7) is 0.892. The van der Waals surface area contributed by atoms with Crippen LogP contribution in [-0.2, 0) is 14.9 Å². The van der Waals surface area contributed by atoms with E-state index in [4.69, 9.17) is 5.90 Å². The van der Waals surface area contributed by atoms with Crippen molar-refractivity contribution in [2.75, 3.05) is 32.1 Å². The Morgan fingerprint density at radius 3 is 2.62 bits per heavy atom. The molecule has 0 saturated heterocycles. The molecule has 0 atom stereocenters. The first-order valence-corrected chi connectivity index (χ1v) is 9.45. The van der Waals surface area contributed by atoms with Gasteiger partial charge >= 0.3 is 0 Å². The fourth-order valence-corrected chi connectivity index (χ4v) is 3.83. The highest BCUT2D eigenvalue weighted by atomic mass is 32.2. The van der Waals surface area contributed by atoms with Crippen molar-refractivity contribution in [2.24, 2.45) is 5.90 Å². The normalized spacial score (nSPS) is 11.8. The molecule has 6 nitrogen and oxygen atoms in total. The molecule has 0 unspecified atom stereocenters. The number of nitrogens with two attached hydrogens (primary N) is 1. The van der Waals surface area contributed by atoms with Crippen molar-refractivity contribution in [3.8, 4) is 0 Å². The van der Waals surface area contributed by atoms with Gasteiger partial charge in [-0.25, -0.2) is 19.0 Å². The molecular weight excluding hydrogens is 326 g/mol. The molecule has 3 N–H and O–H groups in total. The standard InChI is InChI=1S/C17H25N3O3S/c1-20(2)15-9-10-16-14(13-15)7-6-8-17(16)24(21,22)19-11-4-3-5-12-23-18/h6-10,13,19H,3-5,11-12,18H2,1-2H3. The molecule has 0 spiro atoms. The average Bonchev–Trinajstić information content (AvgIpc) is 2.56. The lowest BCUT2D eigenvalue weighted by atomic mass is 10.1. The summed E-state index contributed by atoms with van der Waals surface area (Å²) in [4.78, 5) is 6.80. The summed E-state index contributed by atoms with van der Waals surface area (Å²) in [5.41, 5.74) is 1.03. The molecule has 0 heterocycles. The molecule has 0 aliphatic carbocycles. The molecule has 0 amide bonds. The van der Waals surface area contributed by atoms with E-state index in [1.54, 1.807) is 12.1 Å². The number of unbranched alkanes of at least 4 members (excludes halogenated alkanes) is 2. The summed E-state index contributed by atoms with van der Waals surface area (Å²) in [6, 6.07) is 11.1. The summed E-state index contributed by atoms with van der Waals surface area (Å²) in [5, 5.41) is 1.64. The lowest BCUT2D eigenvalue weighted by Crippen LogP contribution is -2.25. The number of sulfonamides is 1. The minimum atomic E-state index is -3.53. The molecule has 2 aromatic rings. The molecule has 0 radical (unpaired) electrons. The van der Waals surface area contributed by atoms with Crippen molar-refractivity contribution in [1.29, 1.82) is 0 Å². The topological polar surface area (TPSA) is 84.7 Å². The van der Waals surface area contributed by atoms with Gasteiger partial charge in [-0.2, -0.15) is 0 Å². The number of fused-ring (bicyclic) bond motifs is 1. The Bertz CT molecular complexity index is 776. The molecule has 0 aliphatic heterocycles. The zero-order valence-electron chi connectivity index (χ0n) is 14.2. The molecular formula is C17H25N3O3S. The highest BCUT2D eigenvalue weighted by Gasteiger charge is 2.16. The van der Waals surface area contributed by atoms with E-state index in [0.717, 1.165) is 35.7 Å². The quantitative estimate of drug-likeness (QED) is 0.535. The Morgan fingerprint density at radius 1 is 1.12 bits per heavy atom. The van der Waals surface area contributed by atoms with Gasteiger partial charge in [0, 0.05) is 31.7 Å². The maximum absolute atomic E-state index is 12.6. The largest absolute Gasteiger partial charge is 0.378 e. The molecule has 0 aromatic heterocycles. The minimum absolute atomic E-state index is 0.315. The van der Waals surface area contributed by atoms with Gasteiger partial charge in [0.25, 0.3) is 0 Å². The van der Waals surface area contributed by atoms with Gasteiger partial charge in [0.15, 0.2) is 0 Å². The monoisotopic (exact) mass is 351 g/mol. The summed E-state index contributed by atoms with van der Waals surface area (Å²) in [7, 11) is 0.382. The molecule has 132 valence electrons. The third-order valence-corrected chi connectivity index (χ3v) is 5.38. The number of rotatable bonds is 9. The van der Waals surface area contributed by atoms with Crippen LogP contribution < -0.4 is 15.5 Å². The van der Waals surface area contributed by atoms with Crippen LogP contribution in [0.1, 0.15) is 19.3 Å². The summed E-state index contributed by atoms with van der Waals surface area (Å²) in [5.74, 6) is 4.96. The fraction of sp³-hybridized carbons (Fsp3) is 0.412. The highest BCUT2D eigenvalue weighted by Crippen LogP contribution is 2.26. The zero-order valence-corrected chi connectivity index (χ0v) is 15.0. The number of benzene rings is 2. The average molecular weight is 351 g/mol. The molecule has 0 saturated carbocycles. The number of hydrogen-bond acceptors (Lipinski definition) is 5. The van der Waals surface area contributed by atoms with Gasteiger partial charge in [0.1, 0.15) is 0 Å². The maximum Gasteiger partial charge on any atom is 0.241 e. The van der Waals surface area contributed by atoms with Gasteiger partial charge < -0.3 is 9.74 Å². The molecule has 2 aromatic carbocycles. The van der Waals surface area contributed by atoms with Gasteiger partial charge in [-0.15, -0.1) is 0 Å². The minimum Gasteiger partial charge on any atom is -0.378 e. The third-order valence-electron chi connectivity index (χ3n) is 3.86. The number of nitrogens with one attached hydrogen (secondary N) is 1. The van der Waals surface area contributed by atoms with Crippen LogP contribution in [0, 0.1) is 0 Å². The van der Waals surface area contributed by atoms with Gasteiger partial charge in [-0.3, -0.25) is 0 Å². The number of anilines is 1. The molecule has 0 aliphatic rings. The Hall–Kier alpha value is -1.67. The van der Waals surface area contributed by atoms with Crippen LogP contribution in [0.4, 0.5) is 5.69 Å². The van der Waals surface area contributed by atoms with Crippen LogP contribution in [0.15, 0.2) is 41.3 Å². The third kappa shape index (κ3) is 4.67. The molecule has 7 heteroatoms. The van der Waals surface area contributed by atoms with Crippen LogP contribution in [0.25, 0.3) is 10.8 Å².